The van der Waals surface area contributed by atoms with Crippen molar-refractivity contribution >= 4 is 17.6 Å². The fraction of sp³-hybridized carbons (Fsp3) is 0.421. The number of nitrogens with zero attached hydrogens (tertiary/aromatic N) is 2. The van der Waals surface area contributed by atoms with Crippen molar-refractivity contribution in [2.24, 2.45) is 0 Å². The van der Waals surface area contributed by atoms with E-state index in [1.807, 2.05) is 0 Å². The summed E-state index contributed by atoms with van der Waals surface area (Å²) in [5.74, 6) is -1.52. The number of carbonyl (C=O) groups excluding carboxylic acids is 2. The first-order valence-electron chi connectivity index (χ1n) is 9.12. The number of amides is 2. The van der Waals surface area contributed by atoms with Gasteiger partial charge in [-0.15, -0.1) is 0 Å². The van der Waals surface area contributed by atoms with Crippen LogP contribution in [0.5, 0.6) is 0 Å². The lowest BCUT2D eigenvalue weighted by molar-refractivity contribution is -0.143. The zero-order valence-electron chi connectivity index (χ0n) is 16.9. The Kier molecular flexibility index (Phi) is 7.88. The number of benzene rings is 1. The van der Waals surface area contributed by atoms with Gasteiger partial charge in [-0.3, -0.25) is 9.59 Å². The van der Waals surface area contributed by atoms with E-state index in [0.717, 1.165) is 4.90 Å². The topological polar surface area (TPSA) is 84.7 Å². The van der Waals surface area contributed by atoms with Crippen molar-refractivity contribution in [2.75, 3.05) is 32.1 Å². The van der Waals surface area contributed by atoms with Gasteiger partial charge in [0.15, 0.2) is 5.82 Å². The van der Waals surface area contributed by atoms with E-state index in [1.165, 1.54) is 13.2 Å². The highest BCUT2D eigenvalue weighted by molar-refractivity contribution is 5.99. The fourth-order valence-electron chi connectivity index (χ4n) is 2.69. The largest absolute Gasteiger partial charge is 0.416 e. The number of ether oxygens (including phenoxy) is 1. The van der Waals surface area contributed by atoms with Crippen molar-refractivity contribution in [1.82, 2.24) is 10.1 Å². The molecule has 1 aromatic heterocycles. The highest BCUT2D eigenvalue weighted by Crippen LogP contribution is 2.36. The molecule has 0 saturated carbocycles. The first-order valence-corrected chi connectivity index (χ1v) is 9.12. The van der Waals surface area contributed by atoms with Crippen LogP contribution in [0.15, 0.2) is 28.8 Å². The van der Waals surface area contributed by atoms with Crippen LogP contribution in [0, 0.1) is 6.92 Å². The van der Waals surface area contributed by atoms with Crippen molar-refractivity contribution in [2.45, 2.75) is 25.7 Å². The van der Waals surface area contributed by atoms with Crippen LogP contribution in [0.3, 0.4) is 0 Å². The van der Waals surface area contributed by atoms with Gasteiger partial charge in [0.05, 0.1) is 11.1 Å². The van der Waals surface area contributed by atoms with Gasteiger partial charge in [-0.2, -0.15) is 26.3 Å². The third-order valence-electron chi connectivity index (χ3n) is 4.13. The summed E-state index contributed by atoms with van der Waals surface area (Å²) in [4.78, 5) is 25.9. The van der Waals surface area contributed by atoms with Crippen LogP contribution >= 0.6 is 0 Å². The summed E-state index contributed by atoms with van der Waals surface area (Å²) >= 11 is 0. The zero-order valence-corrected chi connectivity index (χ0v) is 16.9. The summed E-state index contributed by atoms with van der Waals surface area (Å²) in [5.41, 5.74) is -4.11. The number of methoxy groups -OCH3 is 1. The Balaban J connectivity index is 2.33. The molecular formula is C19H19F6N3O4. The predicted molar refractivity (Wildman–Crippen MR) is 98.7 cm³/mol. The predicted octanol–water partition coefficient (Wildman–Crippen LogP) is 4.14. The number of hydrogen-bond donors (Lipinski definition) is 1. The minimum Gasteiger partial charge on any atom is -0.385 e. The number of alkyl halides is 6. The van der Waals surface area contributed by atoms with E-state index in [-0.39, 0.29) is 31.5 Å². The molecule has 2 amide bonds. The third-order valence-corrected chi connectivity index (χ3v) is 4.13. The molecule has 0 saturated heterocycles. The van der Waals surface area contributed by atoms with E-state index >= 15 is 0 Å². The molecule has 1 aromatic carbocycles. The number of hydrogen-bond acceptors (Lipinski definition) is 5. The van der Waals surface area contributed by atoms with Gasteiger partial charge in [0, 0.05) is 31.9 Å². The highest BCUT2D eigenvalue weighted by Gasteiger charge is 2.38. The molecule has 2 aromatic rings. The molecule has 0 unspecified atom stereocenters. The van der Waals surface area contributed by atoms with Gasteiger partial charge in [0.2, 0.25) is 5.91 Å². The summed E-state index contributed by atoms with van der Waals surface area (Å²) in [6, 6.07) is 1.95. The SMILES string of the molecule is COCCCN(CC(=O)Nc1cc(C)on1)C(=O)c1cc(C(F)(F)F)cc(C(F)(F)F)c1. The van der Waals surface area contributed by atoms with Crippen LogP contribution in [0.25, 0.3) is 0 Å². The molecule has 32 heavy (non-hydrogen) atoms. The maximum atomic E-state index is 13.1. The van der Waals surface area contributed by atoms with Crippen LogP contribution in [-0.2, 0) is 21.9 Å². The van der Waals surface area contributed by atoms with Gasteiger partial charge in [0.1, 0.15) is 12.3 Å². The molecule has 1 heterocycles. The molecule has 13 heteroatoms. The lowest BCUT2D eigenvalue weighted by Crippen LogP contribution is -2.39. The monoisotopic (exact) mass is 467 g/mol. The molecule has 2 rings (SSSR count). The summed E-state index contributed by atoms with van der Waals surface area (Å²) in [6.45, 7) is 0.904. The molecule has 0 aliphatic rings. The maximum absolute atomic E-state index is 13.1. The number of aromatic nitrogens is 1. The van der Waals surface area contributed by atoms with Gasteiger partial charge in [-0.25, -0.2) is 0 Å². The molecule has 7 nitrogen and oxygen atoms in total. The maximum Gasteiger partial charge on any atom is 0.416 e. The molecule has 0 atom stereocenters. The van der Waals surface area contributed by atoms with Crippen molar-refractivity contribution in [3.8, 4) is 0 Å². The van der Waals surface area contributed by atoms with Crippen molar-refractivity contribution in [3.05, 3.63) is 46.7 Å². The van der Waals surface area contributed by atoms with Crippen molar-refractivity contribution in [1.29, 1.82) is 0 Å². The van der Waals surface area contributed by atoms with Gasteiger partial charge in [-0.05, 0) is 31.5 Å². The van der Waals surface area contributed by atoms with E-state index in [1.54, 1.807) is 6.92 Å². The standard InChI is InChI=1S/C19H19F6N3O4/c1-11-6-15(27-32-11)26-16(29)10-28(4-3-5-31-2)17(30)12-7-13(18(20,21)22)9-14(8-12)19(23,24)25/h6-9H,3-5,10H2,1-2H3,(H,26,27,29). The average Bonchev–Trinajstić information content (AvgIpc) is 3.09. The number of aryl methyl sites for hydroxylation is 1. The molecule has 0 aliphatic carbocycles. The summed E-state index contributed by atoms with van der Waals surface area (Å²) in [6.07, 6.45) is -10.0. The molecule has 0 bridgehead atoms. The van der Waals surface area contributed by atoms with Gasteiger partial charge in [0.25, 0.3) is 5.91 Å². The molecule has 0 fully saturated rings. The number of rotatable bonds is 8. The number of carbonyl (C=O) groups is 2. The van der Waals surface area contributed by atoms with Crippen LogP contribution < -0.4 is 5.32 Å². The minimum absolute atomic E-state index is 0.0372. The van der Waals surface area contributed by atoms with E-state index in [9.17, 15) is 35.9 Å². The quantitative estimate of drug-likeness (QED) is 0.466. The van der Waals surface area contributed by atoms with E-state index < -0.39 is 47.4 Å². The Morgan fingerprint density at radius 1 is 1.06 bits per heavy atom. The molecule has 1 N–H and O–H groups in total. The second-order valence-corrected chi connectivity index (χ2v) is 6.74. The Hall–Kier alpha value is -3.09. The first-order chi connectivity index (χ1) is 14.8. The second kappa shape index (κ2) is 10.0. The van der Waals surface area contributed by atoms with E-state index in [0.29, 0.717) is 17.9 Å². The lowest BCUT2D eigenvalue weighted by Gasteiger charge is -2.23. The van der Waals surface area contributed by atoms with E-state index in [4.69, 9.17) is 9.26 Å². The van der Waals surface area contributed by atoms with E-state index in [2.05, 4.69) is 10.5 Å². The second-order valence-electron chi connectivity index (χ2n) is 6.74. The summed E-state index contributed by atoms with van der Waals surface area (Å²) in [5, 5.41) is 5.87. The molecule has 0 aliphatic heterocycles. The molecular weight excluding hydrogens is 448 g/mol. The molecule has 0 radical (unpaired) electrons. The van der Waals surface area contributed by atoms with Crippen LogP contribution in [-0.4, -0.2) is 48.7 Å². The number of anilines is 1. The fourth-order valence-corrected chi connectivity index (χ4v) is 2.69. The van der Waals surface area contributed by atoms with Crippen LogP contribution in [0.1, 0.15) is 33.7 Å². The summed E-state index contributed by atoms with van der Waals surface area (Å²) in [7, 11) is 1.37. The third kappa shape index (κ3) is 6.97. The van der Waals surface area contributed by atoms with Gasteiger partial charge < -0.3 is 19.5 Å². The normalized spacial score (nSPS) is 12.0. The lowest BCUT2D eigenvalue weighted by atomic mass is 10.0. The minimum atomic E-state index is -5.11. The first kappa shape index (κ1) is 25.2. The van der Waals surface area contributed by atoms with Gasteiger partial charge in [-0.1, -0.05) is 5.16 Å². The molecule has 0 spiro atoms. The van der Waals surface area contributed by atoms with Crippen molar-refractivity contribution in [3.63, 3.8) is 0 Å². The average molecular weight is 467 g/mol. The summed E-state index contributed by atoms with van der Waals surface area (Å²) < 4.78 is 88.3. The Morgan fingerprint density at radius 2 is 1.66 bits per heavy atom. The van der Waals surface area contributed by atoms with Gasteiger partial charge >= 0.3 is 12.4 Å². The molecule has 176 valence electrons. The number of nitrogens with one attached hydrogen (secondary N) is 1. The Labute approximate surface area is 178 Å². The zero-order chi connectivity index (χ0) is 24.1. The highest BCUT2D eigenvalue weighted by atomic mass is 19.4. The Morgan fingerprint density at radius 3 is 2.12 bits per heavy atom. The van der Waals surface area contributed by atoms with Crippen molar-refractivity contribution < 1.29 is 45.2 Å². The van der Waals surface area contributed by atoms with Crippen LogP contribution in [0.2, 0.25) is 0 Å². The smallest absolute Gasteiger partial charge is 0.385 e. The Bertz CT molecular complexity index is 923. The number of halogens is 6. The van der Waals surface area contributed by atoms with Crippen LogP contribution in [0.4, 0.5) is 32.2 Å².